The molecule has 3 atom stereocenters. The smallest absolute Gasteiger partial charge is 0.318 e. The van der Waals surface area contributed by atoms with Crippen molar-refractivity contribution in [2.24, 2.45) is 0 Å². The molecule has 5 aliphatic rings. The number of halogens is 2. The lowest BCUT2D eigenvalue weighted by Gasteiger charge is -2.32. The average Bonchev–Trinajstić information content (AvgIpc) is 3.37. The number of aliphatic hydroxyl groups is 1. The Morgan fingerprint density at radius 2 is 1.98 bits per heavy atom. The number of amides is 1. The first-order chi connectivity index (χ1) is 21.2. The van der Waals surface area contributed by atoms with E-state index < -0.39 is 11.8 Å². The number of benzene rings is 2. The Kier molecular flexibility index (Phi) is 6.33. The van der Waals surface area contributed by atoms with E-state index in [2.05, 4.69) is 4.90 Å². The van der Waals surface area contributed by atoms with Gasteiger partial charge < -0.3 is 24.7 Å². The summed E-state index contributed by atoms with van der Waals surface area (Å²) in [6.45, 7) is 4.09. The van der Waals surface area contributed by atoms with Crippen LogP contribution in [0.25, 0.3) is 10.8 Å². The molecule has 44 heavy (non-hydrogen) atoms. The second-order valence-electron chi connectivity index (χ2n) is 13.3. The standard InChI is InChI=1S/C33H37F2N5O4/c1-2-22-23(35)7-6-19-13-21(41)14-25(27(19)22)40-17-24-28(30(40)42)29(39-12-3-5-26(39)33(43)9-10-33)37-31(36-24)44-18-32-8-4-11-38(32)16-20(34)15-32/h6-7,13-14,20,26,41,43H,2-5,8-12,15-18H2,1H3/t20-,26?,32+/m1/s1. The summed E-state index contributed by atoms with van der Waals surface area (Å²) in [6.07, 6.45) is 4.82. The minimum atomic E-state index is -0.888. The Morgan fingerprint density at radius 1 is 1.14 bits per heavy atom. The van der Waals surface area contributed by atoms with Gasteiger partial charge >= 0.3 is 6.01 Å². The van der Waals surface area contributed by atoms with Crippen LogP contribution in [0.1, 0.15) is 73.5 Å². The third kappa shape index (κ3) is 4.26. The van der Waals surface area contributed by atoms with Crippen LogP contribution in [-0.2, 0) is 13.0 Å². The zero-order chi connectivity index (χ0) is 30.4. The van der Waals surface area contributed by atoms with Crippen molar-refractivity contribution in [3.8, 4) is 11.8 Å². The number of anilines is 2. The van der Waals surface area contributed by atoms with Crippen molar-refractivity contribution in [1.82, 2.24) is 14.9 Å². The lowest BCUT2D eigenvalue weighted by Crippen LogP contribution is -2.44. The fourth-order valence-corrected chi connectivity index (χ4v) is 8.35. The second kappa shape index (κ2) is 9.97. The highest BCUT2D eigenvalue weighted by atomic mass is 19.1. The molecular formula is C33H37F2N5O4. The van der Waals surface area contributed by atoms with Gasteiger partial charge in [-0.3, -0.25) is 9.69 Å². The predicted molar refractivity (Wildman–Crippen MR) is 161 cm³/mol. The molecule has 1 aliphatic carbocycles. The van der Waals surface area contributed by atoms with Crippen molar-refractivity contribution in [1.29, 1.82) is 0 Å². The van der Waals surface area contributed by atoms with Crippen molar-refractivity contribution in [3.05, 3.63) is 46.9 Å². The van der Waals surface area contributed by atoms with Gasteiger partial charge in [-0.05, 0) is 74.6 Å². The summed E-state index contributed by atoms with van der Waals surface area (Å²) in [7, 11) is 0. The Labute approximate surface area is 254 Å². The number of aromatic nitrogens is 2. The number of nitrogens with zero attached hydrogens (tertiary/aromatic N) is 5. The number of phenols is 1. The summed E-state index contributed by atoms with van der Waals surface area (Å²) in [5, 5.41) is 23.0. The first-order valence-corrected chi connectivity index (χ1v) is 15.9. The van der Waals surface area contributed by atoms with E-state index in [4.69, 9.17) is 14.7 Å². The largest absolute Gasteiger partial charge is 0.508 e. The summed E-state index contributed by atoms with van der Waals surface area (Å²) in [4.78, 5) is 29.6. The number of carbonyl (C=O) groups excluding carboxylic acids is 1. The van der Waals surface area contributed by atoms with Crippen LogP contribution in [0.2, 0.25) is 0 Å². The molecule has 3 aromatic rings. The van der Waals surface area contributed by atoms with E-state index in [1.54, 1.807) is 12.1 Å². The molecule has 0 spiro atoms. The number of phenolic OH excluding ortho intramolecular Hbond substituents is 1. The topological polar surface area (TPSA) is 102 Å². The normalized spacial score (nSPS) is 27.4. The van der Waals surface area contributed by atoms with E-state index >= 15 is 0 Å². The van der Waals surface area contributed by atoms with Crippen molar-refractivity contribution in [2.75, 3.05) is 36.0 Å². The highest BCUT2D eigenvalue weighted by Gasteiger charge is 2.53. The number of hydrogen-bond acceptors (Lipinski definition) is 8. The van der Waals surface area contributed by atoms with Crippen LogP contribution in [0.3, 0.4) is 0 Å². The zero-order valence-electron chi connectivity index (χ0n) is 24.9. The summed E-state index contributed by atoms with van der Waals surface area (Å²) in [5.74, 6) is -0.307. The van der Waals surface area contributed by atoms with Crippen LogP contribution < -0.4 is 14.5 Å². The van der Waals surface area contributed by atoms with E-state index in [0.717, 1.165) is 32.2 Å². The maximum atomic E-state index is 15.0. The van der Waals surface area contributed by atoms with Gasteiger partial charge in [0.25, 0.3) is 5.91 Å². The maximum Gasteiger partial charge on any atom is 0.318 e. The van der Waals surface area contributed by atoms with Gasteiger partial charge in [-0.2, -0.15) is 9.97 Å². The highest BCUT2D eigenvalue weighted by Crippen LogP contribution is 2.48. The third-order valence-corrected chi connectivity index (χ3v) is 10.6. The molecule has 2 N–H and O–H groups in total. The van der Waals surface area contributed by atoms with E-state index in [1.165, 1.54) is 17.0 Å². The number of ether oxygens (including phenoxy) is 1. The fourth-order valence-electron chi connectivity index (χ4n) is 8.35. The van der Waals surface area contributed by atoms with Gasteiger partial charge in [0.1, 0.15) is 35.7 Å². The number of carbonyl (C=O) groups is 1. The maximum absolute atomic E-state index is 15.0. The van der Waals surface area contributed by atoms with E-state index in [-0.39, 0.29) is 48.2 Å². The molecule has 11 heteroatoms. The summed E-state index contributed by atoms with van der Waals surface area (Å²) in [5.41, 5.74) is 0.496. The molecule has 3 saturated heterocycles. The van der Waals surface area contributed by atoms with Gasteiger partial charge in [0, 0.05) is 31.0 Å². The van der Waals surface area contributed by atoms with Gasteiger partial charge in [0.05, 0.1) is 35.1 Å². The van der Waals surface area contributed by atoms with Crippen LogP contribution >= 0.6 is 0 Å². The van der Waals surface area contributed by atoms with Crippen molar-refractivity contribution in [2.45, 2.75) is 88.2 Å². The molecular weight excluding hydrogens is 568 g/mol. The molecule has 232 valence electrons. The van der Waals surface area contributed by atoms with E-state index in [1.807, 2.05) is 11.8 Å². The number of alkyl halides is 1. The van der Waals surface area contributed by atoms with Crippen molar-refractivity contribution in [3.63, 3.8) is 0 Å². The summed E-state index contributed by atoms with van der Waals surface area (Å²) >= 11 is 0. The molecule has 1 amide bonds. The Balaban J connectivity index is 1.21. The molecule has 4 aliphatic heterocycles. The highest BCUT2D eigenvalue weighted by molar-refractivity contribution is 6.16. The van der Waals surface area contributed by atoms with Crippen LogP contribution in [0.15, 0.2) is 24.3 Å². The van der Waals surface area contributed by atoms with E-state index in [9.17, 15) is 23.8 Å². The SMILES string of the molecule is CCc1c(F)ccc2cc(O)cc(N3Cc4nc(OC[C@@]56CCCN5C[C@H](F)C6)nc(N5CCCC5C5(O)CC5)c4C3=O)c12. The Bertz CT molecular complexity index is 1680. The molecule has 1 aromatic heterocycles. The van der Waals surface area contributed by atoms with Gasteiger partial charge in [-0.25, -0.2) is 8.78 Å². The fraction of sp³-hybridized carbons (Fsp3) is 0.545. The van der Waals surface area contributed by atoms with Gasteiger partial charge in [0.15, 0.2) is 0 Å². The monoisotopic (exact) mass is 605 g/mol. The van der Waals surface area contributed by atoms with Crippen molar-refractivity contribution < 1.29 is 28.5 Å². The first kappa shape index (κ1) is 27.9. The van der Waals surface area contributed by atoms with Crippen LogP contribution in [0, 0.1) is 5.82 Å². The summed E-state index contributed by atoms with van der Waals surface area (Å²) < 4.78 is 35.7. The third-order valence-electron chi connectivity index (χ3n) is 10.6. The van der Waals surface area contributed by atoms with Gasteiger partial charge in [0.2, 0.25) is 0 Å². The van der Waals surface area contributed by atoms with Crippen LogP contribution in [0.4, 0.5) is 20.3 Å². The lowest BCUT2D eigenvalue weighted by molar-refractivity contribution is 0.0993. The molecule has 0 bridgehead atoms. The number of fused-ring (bicyclic) bond motifs is 3. The molecule has 1 unspecified atom stereocenters. The average molecular weight is 606 g/mol. The van der Waals surface area contributed by atoms with Crippen LogP contribution in [0.5, 0.6) is 11.8 Å². The van der Waals surface area contributed by atoms with E-state index in [0.29, 0.717) is 77.9 Å². The van der Waals surface area contributed by atoms with Gasteiger partial charge in [-0.1, -0.05) is 13.0 Å². The minimum Gasteiger partial charge on any atom is -0.508 e. The Morgan fingerprint density at radius 3 is 2.77 bits per heavy atom. The molecule has 0 radical (unpaired) electrons. The predicted octanol–water partition coefficient (Wildman–Crippen LogP) is 4.65. The quantitative estimate of drug-likeness (QED) is 0.402. The molecule has 8 rings (SSSR count). The molecule has 9 nitrogen and oxygen atoms in total. The second-order valence-corrected chi connectivity index (χ2v) is 13.3. The zero-order valence-corrected chi connectivity index (χ0v) is 24.9. The minimum absolute atomic E-state index is 0.0288. The molecule has 4 fully saturated rings. The van der Waals surface area contributed by atoms with Crippen LogP contribution in [-0.4, -0.2) is 80.6 Å². The molecule has 5 heterocycles. The summed E-state index contributed by atoms with van der Waals surface area (Å²) in [6, 6.07) is 6.02. The number of aromatic hydroxyl groups is 1. The number of rotatable bonds is 7. The Hall–Kier alpha value is -3.57. The number of aryl methyl sites for hydroxylation is 1. The first-order valence-electron chi connectivity index (χ1n) is 15.9. The molecule has 2 aromatic carbocycles. The number of hydrogen-bond donors (Lipinski definition) is 2. The van der Waals surface area contributed by atoms with Gasteiger partial charge in [-0.15, -0.1) is 0 Å². The van der Waals surface area contributed by atoms with Crippen molar-refractivity contribution >= 4 is 28.2 Å². The lowest BCUT2D eigenvalue weighted by atomic mass is 9.95. The molecule has 1 saturated carbocycles.